The van der Waals surface area contributed by atoms with E-state index >= 15 is 0 Å². The maximum absolute atomic E-state index is 6.08. The number of aromatic nitrogens is 4. The summed E-state index contributed by atoms with van der Waals surface area (Å²) in [5.41, 5.74) is 0. The molecule has 1 fully saturated rings. The zero-order valence-electron chi connectivity index (χ0n) is 12.8. The Hall–Kier alpha value is -2.00. The monoisotopic (exact) mass is 407 g/mol. The molecule has 2 aromatic heterocycles. The minimum Gasteiger partial charge on any atom is -0.487 e. The van der Waals surface area contributed by atoms with Crippen molar-refractivity contribution in [1.82, 2.24) is 20.3 Å². The lowest BCUT2D eigenvalue weighted by Crippen LogP contribution is -2.24. The summed E-state index contributed by atoms with van der Waals surface area (Å²) in [5, 5.41) is 13.8. The standard InChI is InChI=1S/C15H14BrN5O2S/c1-9-17-13(20-23-9)14-18-19-15(24-14)21-7-6-10(8-21)22-12-5-3-2-4-11(12)16/h2-5,10H,6-8H2,1H3/t10-/m0/s1. The van der Waals surface area contributed by atoms with Gasteiger partial charge in [0, 0.05) is 19.9 Å². The van der Waals surface area contributed by atoms with Crippen LogP contribution in [0.5, 0.6) is 5.75 Å². The van der Waals surface area contributed by atoms with Crippen molar-refractivity contribution in [2.45, 2.75) is 19.4 Å². The summed E-state index contributed by atoms with van der Waals surface area (Å²) in [6, 6.07) is 7.89. The van der Waals surface area contributed by atoms with Crippen LogP contribution >= 0.6 is 27.3 Å². The number of rotatable bonds is 4. The molecular weight excluding hydrogens is 394 g/mol. The molecule has 0 amide bonds. The second-order valence-corrected chi connectivity index (χ2v) is 7.24. The van der Waals surface area contributed by atoms with Crippen molar-refractivity contribution in [3.63, 3.8) is 0 Å². The highest BCUT2D eigenvalue weighted by Gasteiger charge is 2.27. The normalized spacial score (nSPS) is 17.4. The average molecular weight is 408 g/mol. The largest absolute Gasteiger partial charge is 0.487 e. The summed E-state index contributed by atoms with van der Waals surface area (Å²) in [5.74, 6) is 1.87. The lowest BCUT2D eigenvalue weighted by molar-refractivity contribution is 0.223. The zero-order valence-corrected chi connectivity index (χ0v) is 15.2. The van der Waals surface area contributed by atoms with Crippen LogP contribution in [0.25, 0.3) is 10.8 Å². The topological polar surface area (TPSA) is 77.2 Å². The summed E-state index contributed by atoms with van der Waals surface area (Å²) in [7, 11) is 0. The van der Waals surface area contributed by atoms with Crippen molar-refractivity contribution >= 4 is 32.4 Å². The van der Waals surface area contributed by atoms with Crippen molar-refractivity contribution in [3.8, 4) is 16.6 Å². The quantitative estimate of drug-likeness (QED) is 0.656. The second-order valence-electron chi connectivity index (χ2n) is 5.43. The number of nitrogens with zero attached hydrogens (tertiary/aromatic N) is 5. The van der Waals surface area contributed by atoms with Gasteiger partial charge in [-0.1, -0.05) is 28.6 Å². The summed E-state index contributed by atoms with van der Waals surface area (Å²) in [6.45, 7) is 3.42. The molecule has 0 bridgehead atoms. The predicted molar refractivity (Wildman–Crippen MR) is 93.3 cm³/mol. The fourth-order valence-electron chi connectivity index (χ4n) is 2.54. The number of aryl methyl sites for hydroxylation is 1. The molecule has 4 rings (SSSR count). The van der Waals surface area contributed by atoms with Crippen LogP contribution in [0, 0.1) is 6.92 Å². The molecule has 0 aliphatic carbocycles. The van der Waals surface area contributed by atoms with Crippen LogP contribution in [0.2, 0.25) is 0 Å². The molecule has 0 saturated carbocycles. The molecular formula is C15H14BrN5O2S. The Labute approximate surface area is 150 Å². The third-order valence-electron chi connectivity index (χ3n) is 3.68. The van der Waals surface area contributed by atoms with Crippen LogP contribution in [0.15, 0.2) is 33.3 Å². The second kappa shape index (κ2) is 6.48. The van der Waals surface area contributed by atoms with Crippen molar-refractivity contribution in [1.29, 1.82) is 0 Å². The van der Waals surface area contributed by atoms with E-state index in [1.807, 2.05) is 24.3 Å². The fourth-order valence-corrected chi connectivity index (χ4v) is 3.72. The Morgan fingerprint density at radius 2 is 2.21 bits per heavy atom. The van der Waals surface area contributed by atoms with Crippen LogP contribution in [0.1, 0.15) is 12.3 Å². The Bertz CT molecular complexity index is 852. The third kappa shape index (κ3) is 3.13. The summed E-state index contributed by atoms with van der Waals surface area (Å²) in [4.78, 5) is 6.36. The Morgan fingerprint density at radius 3 is 3.00 bits per heavy atom. The lowest BCUT2D eigenvalue weighted by Gasteiger charge is -2.16. The number of anilines is 1. The first-order chi connectivity index (χ1) is 11.7. The number of ether oxygens (including phenoxy) is 1. The van der Waals surface area contributed by atoms with E-state index in [-0.39, 0.29) is 6.10 Å². The van der Waals surface area contributed by atoms with Gasteiger partial charge in [-0.25, -0.2) is 0 Å². The maximum atomic E-state index is 6.08. The molecule has 1 aliphatic heterocycles. The zero-order chi connectivity index (χ0) is 16.5. The van der Waals surface area contributed by atoms with Crippen LogP contribution in [0.3, 0.4) is 0 Å². The van der Waals surface area contributed by atoms with Gasteiger partial charge in [0.1, 0.15) is 11.9 Å². The van der Waals surface area contributed by atoms with Crippen molar-refractivity contribution in [3.05, 3.63) is 34.6 Å². The van der Waals surface area contributed by atoms with Crippen LogP contribution in [-0.2, 0) is 0 Å². The van der Waals surface area contributed by atoms with E-state index in [1.54, 1.807) is 6.92 Å². The van der Waals surface area contributed by atoms with Gasteiger partial charge in [0.2, 0.25) is 16.8 Å². The molecule has 9 heteroatoms. The van der Waals surface area contributed by atoms with E-state index in [9.17, 15) is 0 Å². The van der Waals surface area contributed by atoms with E-state index in [2.05, 4.69) is 41.2 Å². The van der Waals surface area contributed by atoms with Gasteiger partial charge in [0.05, 0.1) is 11.0 Å². The maximum Gasteiger partial charge on any atom is 0.233 e. The Kier molecular flexibility index (Phi) is 4.19. The SMILES string of the molecule is Cc1nc(-c2nnc(N3CC[C@H](Oc4ccccc4Br)C3)s2)no1. The summed E-state index contributed by atoms with van der Waals surface area (Å²) in [6.07, 6.45) is 1.07. The number of halogens is 1. The van der Waals surface area contributed by atoms with Gasteiger partial charge in [0.25, 0.3) is 0 Å². The average Bonchev–Trinajstić information content (AvgIpc) is 3.29. The van der Waals surface area contributed by atoms with Crippen molar-refractivity contribution in [2.24, 2.45) is 0 Å². The first kappa shape index (κ1) is 15.5. The fraction of sp³-hybridized carbons (Fsp3) is 0.333. The summed E-state index contributed by atoms with van der Waals surface area (Å²) >= 11 is 4.98. The molecule has 7 nitrogen and oxygen atoms in total. The molecule has 0 unspecified atom stereocenters. The smallest absolute Gasteiger partial charge is 0.233 e. The number of benzene rings is 1. The van der Waals surface area contributed by atoms with Gasteiger partial charge in [0.15, 0.2) is 5.01 Å². The number of hydrogen-bond donors (Lipinski definition) is 0. The van der Waals surface area contributed by atoms with Crippen LogP contribution in [0.4, 0.5) is 5.13 Å². The molecule has 0 radical (unpaired) electrons. The van der Waals surface area contributed by atoms with Crippen molar-refractivity contribution in [2.75, 3.05) is 18.0 Å². The molecule has 0 spiro atoms. The van der Waals surface area contributed by atoms with Crippen LogP contribution in [-0.4, -0.2) is 39.5 Å². The Balaban J connectivity index is 1.44. The van der Waals surface area contributed by atoms with Gasteiger partial charge in [-0.05, 0) is 28.1 Å². The Morgan fingerprint density at radius 1 is 1.33 bits per heavy atom. The summed E-state index contributed by atoms with van der Waals surface area (Å²) < 4.78 is 12.0. The van der Waals surface area contributed by atoms with Gasteiger partial charge < -0.3 is 14.2 Å². The van der Waals surface area contributed by atoms with E-state index in [1.165, 1.54) is 11.3 Å². The number of para-hydroxylation sites is 1. The predicted octanol–water partition coefficient (Wildman–Crippen LogP) is 3.32. The molecule has 124 valence electrons. The molecule has 0 N–H and O–H groups in total. The van der Waals surface area contributed by atoms with E-state index < -0.39 is 0 Å². The minimum atomic E-state index is 0.128. The van der Waals surface area contributed by atoms with Gasteiger partial charge in [-0.3, -0.25) is 0 Å². The van der Waals surface area contributed by atoms with Gasteiger partial charge >= 0.3 is 0 Å². The van der Waals surface area contributed by atoms with E-state index in [0.717, 1.165) is 34.9 Å². The van der Waals surface area contributed by atoms with Gasteiger partial charge in [-0.2, -0.15) is 4.98 Å². The number of hydrogen-bond acceptors (Lipinski definition) is 8. The lowest BCUT2D eigenvalue weighted by atomic mass is 10.3. The third-order valence-corrected chi connectivity index (χ3v) is 5.31. The highest BCUT2D eigenvalue weighted by Crippen LogP contribution is 2.31. The van der Waals surface area contributed by atoms with Crippen LogP contribution < -0.4 is 9.64 Å². The highest BCUT2D eigenvalue weighted by molar-refractivity contribution is 9.10. The molecule has 1 saturated heterocycles. The van der Waals surface area contributed by atoms with E-state index in [4.69, 9.17) is 9.26 Å². The molecule has 24 heavy (non-hydrogen) atoms. The molecule has 3 heterocycles. The molecule has 1 aliphatic rings. The van der Waals surface area contributed by atoms with Gasteiger partial charge in [-0.15, -0.1) is 10.2 Å². The first-order valence-electron chi connectivity index (χ1n) is 7.49. The highest BCUT2D eigenvalue weighted by atomic mass is 79.9. The first-order valence-corrected chi connectivity index (χ1v) is 9.10. The van der Waals surface area contributed by atoms with E-state index in [0.29, 0.717) is 16.7 Å². The van der Waals surface area contributed by atoms with Crippen molar-refractivity contribution < 1.29 is 9.26 Å². The molecule has 1 atom stereocenters. The minimum absolute atomic E-state index is 0.128. The molecule has 3 aromatic rings. The molecule has 1 aromatic carbocycles.